The molecule has 84 valence electrons. The number of halogens is 1. The van der Waals surface area contributed by atoms with E-state index in [2.05, 4.69) is 24.3 Å². The van der Waals surface area contributed by atoms with Crippen LogP contribution < -0.4 is 11.3 Å². The monoisotopic (exact) mass is 227 g/mol. The fraction of sp³-hybridized carbons (Fsp3) is 0.545. The Balaban J connectivity index is 2.62. The molecule has 1 rings (SSSR count). The van der Waals surface area contributed by atoms with Crippen molar-refractivity contribution >= 4 is 11.6 Å². The highest BCUT2D eigenvalue weighted by atomic mass is 35.5. The average molecular weight is 228 g/mol. The predicted molar refractivity (Wildman–Crippen MR) is 63.5 cm³/mol. The minimum atomic E-state index is 0.268. The normalized spacial score (nSPS) is 13.1. The first-order valence-electron chi connectivity index (χ1n) is 5.18. The van der Waals surface area contributed by atoms with Crippen molar-refractivity contribution in [2.75, 3.05) is 0 Å². The second-order valence-corrected chi connectivity index (χ2v) is 4.57. The van der Waals surface area contributed by atoms with Gasteiger partial charge in [-0.2, -0.15) is 0 Å². The number of hydrazine groups is 1. The summed E-state index contributed by atoms with van der Waals surface area (Å²) in [5.41, 5.74) is 3.92. The highest BCUT2D eigenvalue weighted by Crippen LogP contribution is 2.17. The van der Waals surface area contributed by atoms with Gasteiger partial charge in [-0.05, 0) is 30.4 Å². The summed E-state index contributed by atoms with van der Waals surface area (Å²) in [4.78, 5) is 3.96. The highest BCUT2D eigenvalue weighted by molar-refractivity contribution is 6.31. The lowest BCUT2D eigenvalue weighted by molar-refractivity contribution is 0.423. The Morgan fingerprint density at radius 3 is 2.80 bits per heavy atom. The molecular weight excluding hydrogens is 210 g/mol. The zero-order valence-electron chi connectivity index (χ0n) is 9.20. The first kappa shape index (κ1) is 12.4. The number of nitrogens with two attached hydrogens (primary N) is 1. The maximum atomic E-state index is 6.03. The lowest BCUT2D eigenvalue weighted by Gasteiger charge is -2.18. The van der Waals surface area contributed by atoms with E-state index in [9.17, 15) is 0 Å². The average Bonchev–Trinajstić information content (AvgIpc) is 2.19. The summed E-state index contributed by atoms with van der Waals surface area (Å²) in [6.07, 6.45) is 5.30. The molecule has 3 N–H and O–H groups in total. The van der Waals surface area contributed by atoms with E-state index in [1.807, 2.05) is 6.07 Å². The summed E-state index contributed by atoms with van der Waals surface area (Å²) in [6.45, 7) is 4.36. The van der Waals surface area contributed by atoms with E-state index in [0.717, 1.165) is 18.4 Å². The molecule has 4 heteroatoms. The van der Waals surface area contributed by atoms with Crippen molar-refractivity contribution in [1.29, 1.82) is 0 Å². The van der Waals surface area contributed by atoms with Crippen molar-refractivity contribution in [3.05, 3.63) is 29.0 Å². The van der Waals surface area contributed by atoms with Crippen molar-refractivity contribution in [2.24, 2.45) is 11.8 Å². The van der Waals surface area contributed by atoms with Crippen LogP contribution in [0.2, 0.25) is 5.02 Å². The molecule has 0 spiro atoms. The number of hydrogen-bond donors (Lipinski definition) is 2. The van der Waals surface area contributed by atoms with Crippen molar-refractivity contribution in [2.45, 2.75) is 32.7 Å². The largest absolute Gasteiger partial charge is 0.271 e. The van der Waals surface area contributed by atoms with Gasteiger partial charge in [0.25, 0.3) is 0 Å². The van der Waals surface area contributed by atoms with Crippen molar-refractivity contribution in [1.82, 2.24) is 10.4 Å². The molecule has 0 saturated carbocycles. The van der Waals surface area contributed by atoms with Crippen LogP contribution in [0.4, 0.5) is 0 Å². The van der Waals surface area contributed by atoms with Gasteiger partial charge in [0.15, 0.2) is 0 Å². The molecule has 0 bridgehead atoms. The van der Waals surface area contributed by atoms with Crippen LogP contribution in [0.3, 0.4) is 0 Å². The van der Waals surface area contributed by atoms with Gasteiger partial charge < -0.3 is 0 Å². The molecule has 0 radical (unpaired) electrons. The summed E-state index contributed by atoms with van der Waals surface area (Å²) in [6, 6.07) is 2.21. The van der Waals surface area contributed by atoms with Crippen LogP contribution in [0, 0.1) is 5.92 Å². The Hall–Kier alpha value is -0.640. The Morgan fingerprint density at radius 1 is 1.53 bits per heavy atom. The number of aromatic nitrogens is 1. The van der Waals surface area contributed by atoms with E-state index in [4.69, 9.17) is 17.4 Å². The van der Waals surface area contributed by atoms with Gasteiger partial charge in [0, 0.05) is 18.4 Å². The SMILES string of the molecule is CC(C)CC(Cc1ccncc1Cl)NN. The standard InChI is InChI=1S/C11H18ClN3/c1-8(2)5-10(15-13)6-9-3-4-14-7-11(9)12/h3-4,7-8,10,15H,5-6,13H2,1-2H3. The Kier molecular flexibility index (Phi) is 5.02. The number of hydrogen-bond acceptors (Lipinski definition) is 3. The quantitative estimate of drug-likeness (QED) is 0.599. The minimum Gasteiger partial charge on any atom is -0.271 e. The van der Waals surface area contributed by atoms with Gasteiger partial charge in [-0.15, -0.1) is 0 Å². The first-order valence-corrected chi connectivity index (χ1v) is 5.55. The molecule has 1 unspecified atom stereocenters. The maximum absolute atomic E-state index is 6.03. The molecule has 1 atom stereocenters. The maximum Gasteiger partial charge on any atom is 0.0621 e. The fourth-order valence-corrected chi connectivity index (χ4v) is 1.81. The van der Waals surface area contributed by atoms with Crippen LogP contribution in [0.5, 0.6) is 0 Å². The molecule has 0 aromatic carbocycles. The summed E-state index contributed by atoms with van der Waals surface area (Å²) >= 11 is 6.03. The summed E-state index contributed by atoms with van der Waals surface area (Å²) in [5.74, 6) is 6.13. The zero-order valence-corrected chi connectivity index (χ0v) is 9.96. The summed E-state index contributed by atoms with van der Waals surface area (Å²) < 4.78 is 0. The van der Waals surface area contributed by atoms with Crippen LogP contribution in [-0.2, 0) is 6.42 Å². The minimum absolute atomic E-state index is 0.268. The van der Waals surface area contributed by atoms with Gasteiger partial charge in [0.2, 0.25) is 0 Å². The summed E-state index contributed by atoms with van der Waals surface area (Å²) in [7, 11) is 0. The van der Waals surface area contributed by atoms with Crippen LogP contribution in [0.1, 0.15) is 25.8 Å². The van der Waals surface area contributed by atoms with Gasteiger partial charge in [-0.25, -0.2) is 0 Å². The van der Waals surface area contributed by atoms with Crippen molar-refractivity contribution in [3.63, 3.8) is 0 Å². The lowest BCUT2D eigenvalue weighted by atomic mass is 9.98. The molecule has 0 fully saturated rings. The number of nitrogens with zero attached hydrogens (tertiary/aromatic N) is 1. The third kappa shape index (κ3) is 4.16. The molecule has 1 aromatic heterocycles. The zero-order chi connectivity index (χ0) is 11.3. The molecule has 0 amide bonds. The second-order valence-electron chi connectivity index (χ2n) is 4.16. The second kappa shape index (κ2) is 6.05. The lowest BCUT2D eigenvalue weighted by Crippen LogP contribution is -2.37. The van der Waals surface area contributed by atoms with Gasteiger partial charge >= 0.3 is 0 Å². The molecule has 0 aliphatic heterocycles. The van der Waals surface area contributed by atoms with E-state index >= 15 is 0 Å². The third-order valence-electron chi connectivity index (χ3n) is 2.31. The first-order chi connectivity index (χ1) is 7.13. The Morgan fingerprint density at radius 2 is 2.27 bits per heavy atom. The highest BCUT2D eigenvalue weighted by Gasteiger charge is 2.11. The van der Waals surface area contributed by atoms with Gasteiger partial charge in [-0.1, -0.05) is 25.4 Å². The third-order valence-corrected chi connectivity index (χ3v) is 2.65. The van der Waals surface area contributed by atoms with Gasteiger partial charge in [0.05, 0.1) is 5.02 Å². The van der Waals surface area contributed by atoms with Crippen LogP contribution in [0.15, 0.2) is 18.5 Å². The van der Waals surface area contributed by atoms with E-state index in [0.29, 0.717) is 10.9 Å². The fourth-order valence-electron chi connectivity index (χ4n) is 1.61. The van der Waals surface area contributed by atoms with Crippen LogP contribution in [0.25, 0.3) is 0 Å². The molecular formula is C11H18ClN3. The molecule has 0 aliphatic carbocycles. The van der Waals surface area contributed by atoms with Gasteiger partial charge in [0.1, 0.15) is 0 Å². The molecule has 0 saturated heterocycles. The molecule has 0 aliphatic rings. The van der Waals surface area contributed by atoms with Crippen LogP contribution >= 0.6 is 11.6 Å². The Bertz CT molecular complexity index is 302. The van der Waals surface area contributed by atoms with E-state index in [1.165, 1.54) is 0 Å². The molecule has 3 nitrogen and oxygen atoms in total. The van der Waals surface area contributed by atoms with Crippen molar-refractivity contribution in [3.8, 4) is 0 Å². The van der Waals surface area contributed by atoms with E-state index in [-0.39, 0.29) is 6.04 Å². The predicted octanol–water partition coefficient (Wildman–Crippen LogP) is 2.16. The topological polar surface area (TPSA) is 50.9 Å². The molecule has 1 heterocycles. The van der Waals surface area contributed by atoms with E-state index < -0.39 is 0 Å². The smallest absolute Gasteiger partial charge is 0.0621 e. The van der Waals surface area contributed by atoms with Gasteiger partial charge in [-0.3, -0.25) is 16.3 Å². The number of nitrogens with one attached hydrogen (secondary N) is 1. The molecule has 15 heavy (non-hydrogen) atoms. The Labute approximate surface area is 96.0 Å². The van der Waals surface area contributed by atoms with E-state index in [1.54, 1.807) is 12.4 Å². The number of pyridine rings is 1. The van der Waals surface area contributed by atoms with Crippen LogP contribution in [-0.4, -0.2) is 11.0 Å². The van der Waals surface area contributed by atoms with Crippen molar-refractivity contribution < 1.29 is 0 Å². The number of rotatable bonds is 5. The molecule has 1 aromatic rings. The summed E-state index contributed by atoms with van der Waals surface area (Å²) in [5, 5.41) is 0.710.